The third kappa shape index (κ3) is 2.35. The first-order valence-electron chi connectivity index (χ1n) is 7.60. The molecule has 2 heterocycles. The summed E-state index contributed by atoms with van der Waals surface area (Å²) in [5, 5.41) is 5.90. The van der Waals surface area contributed by atoms with Gasteiger partial charge in [0.25, 0.3) is 0 Å². The molecule has 1 atom stereocenters. The maximum Gasteiger partial charge on any atom is 0.246 e. The van der Waals surface area contributed by atoms with Gasteiger partial charge < -0.3 is 10.2 Å². The van der Waals surface area contributed by atoms with E-state index in [2.05, 4.69) is 10.3 Å². The van der Waals surface area contributed by atoms with Gasteiger partial charge in [0.05, 0.1) is 17.2 Å². The normalized spacial score (nSPS) is 24.7. The van der Waals surface area contributed by atoms with Crippen LogP contribution in [0, 0.1) is 6.92 Å². The van der Waals surface area contributed by atoms with Gasteiger partial charge in [0, 0.05) is 5.38 Å². The molecule has 2 fully saturated rings. The predicted octanol–water partition coefficient (Wildman–Crippen LogP) is 2.00. The lowest BCUT2D eigenvalue weighted by atomic mass is 9.88. The molecule has 114 valence electrons. The number of thiazole rings is 1. The number of amides is 2. The number of aromatic nitrogens is 1. The van der Waals surface area contributed by atoms with Crippen LogP contribution in [0.25, 0.3) is 0 Å². The lowest BCUT2D eigenvalue weighted by Crippen LogP contribution is -2.69. The van der Waals surface area contributed by atoms with E-state index in [9.17, 15) is 9.59 Å². The molecule has 5 nitrogen and oxygen atoms in total. The van der Waals surface area contributed by atoms with Crippen molar-refractivity contribution in [1.29, 1.82) is 0 Å². The van der Waals surface area contributed by atoms with Gasteiger partial charge in [-0.2, -0.15) is 0 Å². The van der Waals surface area contributed by atoms with E-state index in [1.807, 2.05) is 24.1 Å². The van der Waals surface area contributed by atoms with Crippen molar-refractivity contribution in [3.63, 3.8) is 0 Å². The highest BCUT2D eigenvalue weighted by Crippen LogP contribution is 2.39. The topological polar surface area (TPSA) is 62.3 Å². The SMILES string of the molecule is CCC1NC(=O)C2(CCCC2)N(Cc2csc(C)n2)C1=O. The quantitative estimate of drug-likeness (QED) is 0.929. The Labute approximate surface area is 128 Å². The third-order valence-corrected chi connectivity index (χ3v) is 5.46. The average Bonchev–Trinajstić information content (AvgIpc) is 3.09. The van der Waals surface area contributed by atoms with Crippen molar-refractivity contribution < 1.29 is 9.59 Å². The summed E-state index contributed by atoms with van der Waals surface area (Å²) < 4.78 is 0. The summed E-state index contributed by atoms with van der Waals surface area (Å²) >= 11 is 1.58. The molecule has 0 bridgehead atoms. The minimum atomic E-state index is -0.639. The van der Waals surface area contributed by atoms with E-state index in [4.69, 9.17) is 0 Å². The molecule has 3 rings (SSSR count). The van der Waals surface area contributed by atoms with E-state index in [0.717, 1.165) is 36.4 Å². The van der Waals surface area contributed by atoms with Crippen LogP contribution in [-0.4, -0.2) is 33.3 Å². The Kier molecular flexibility index (Phi) is 3.73. The molecule has 1 aliphatic heterocycles. The number of piperazine rings is 1. The fourth-order valence-electron chi connectivity index (χ4n) is 3.48. The molecule has 21 heavy (non-hydrogen) atoms. The van der Waals surface area contributed by atoms with E-state index in [-0.39, 0.29) is 17.9 Å². The summed E-state index contributed by atoms with van der Waals surface area (Å²) in [6.45, 7) is 4.34. The van der Waals surface area contributed by atoms with E-state index in [0.29, 0.717) is 13.0 Å². The van der Waals surface area contributed by atoms with Gasteiger partial charge >= 0.3 is 0 Å². The van der Waals surface area contributed by atoms with Crippen LogP contribution in [0.4, 0.5) is 0 Å². The minimum absolute atomic E-state index is 0.0263. The van der Waals surface area contributed by atoms with Crippen molar-refractivity contribution in [2.45, 2.75) is 64.1 Å². The molecule has 6 heteroatoms. The standard InChI is InChI=1S/C15H21N3O2S/c1-3-12-13(19)18(8-11-9-21-10(2)16-11)15(14(20)17-12)6-4-5-7-15/h9,12H,3-8H2,1-2H3,(H,17,20). The Bertz CT molecular complexity index is 563. The molecular formula is C15H21N3O2S. The number of carbonyl (C=O) groups is 2. The molecule has 1 unspecified atom stereocenters. The maximum absolute atomic E-state index is 12.8. The molecule has 1 saturated carbocycles. The maximum atomic E-state index is 12.8. The van der Waals surface area contributed by atoms with Crippen LogP contribution < -0.4 is 5.32 Å². The van der Waals surface area contributed by atoms with E-state index in [1.165, 1.54) is 0 Å². The zero-order chi connectivity index (χ0) is 15.0. The first-order chi connectivity index (χ1) is 10.1. The van der Waals surface area contributed by atoms with Crippen LogP contribution in [0.15, 0.2) is 5.38 Å². The number of aryl methyl sites for hydroxylation is 1. The van der Waals surface area contributed by atoms with Crippen molar-refractivity contribution in [3.8, 4) is 0 Å². The fraction of sp³-hybridized carbons (Fsp3) is 0.667. The van der Waals surface area contributed by atoms with Gasteiger partial charge in [-0.1, -0.05) is 19.8 Å². The summed E-state index contributed by atoms with van der Waals surface area (Å²) in [4.78, 5) is 31.6. The molecule has 1 N–H and O–H groups in total. The monoisotopic (exact) mass is 307 g/mol. The number of nitrogens with one attached hydrogen (secondary N) is 1. The molecule has 0 radical (unpaired) electrons. The van der Waals surface area contributed by atoms with Crippen molar-refractivity contribution in [2.24, 2.45) is 0 Å². The zero-order valence-corrected chi connectivity index (χ0v) is 13.3. The van der Waals surface area contributed by atoms with Gasteiger partial charge in [0.1, 0.15) is 11.6 Å². The Morgan fingerprint density at radius 2 is 2.14 bits per heavy atom. The van der Waals surface area contributed by atoms with E-state index >= 15 is 0 Å². The molecule has 1 aromatic rings. The Balaban J connectivity index is 1.93. The summed E-state index contributed by atoms with van der Waals surface area (Å²) in [7, 11) is 0. The van der Waals surface area contributed by atoms with Crippen molar-refractivity contribution in [2.75, 3.05) is 0 Å². The molecule has 1 aliphatic carbocycles. The second kappa shape index (κ2) is 5.40. The summed E-state index contributed by atoms with van der Waals surface area (Å²) in [5.74, 6) is 0.0723. The second-order valence-electron chi connectivity index (χ2n) is 5.96. The van der Waals surface area contributed by atoms with Crippen LogP contribution >= 0.6 is 11.3 Å². The summed E-state index contributed by atoms with van der Waals surface area (Å²) in [6.07, 6.45) is 4.18. The van der Waals surface area contributed by atoms with Crippen molar-refractivity contribution in [1.82, 2.24) is 15.2 Å². The lowest BCUT2D eigenvalue weighted by molar-refractivity contribution is -0.158. The second-order valence-corrected chi connectivity index (χ2v) is 7.02. The molecule has 1 aromatic heterocycles. The third-order valence-electron chi connectivity index (χ3n) is 4.63. The van der Waals surface area contributed by atoms with E-state index < -0.39 is 5.54 Å². The molecule has 2 aliphatic rings. The molecule has 2 amide bonds. The zero-order valence-electron chi connectivity index (χ0n) is 12.5. The van der Waals surface area contributed by atoms with Crippen LogP contribution in [0.5, 0.6) is 0 Å². The first kappa shape index (κ1) is 14.5. The van der Waals surface area contributed by atoms with Gasteiger partial charge in [0.2, 0.25) is 11.8 Å². The van der Waals surface area contributed by atoms with Gasteiger partial charge in [0.15, 0.2) is 0 Å². The van der Waals surface area contributed by atoms with E-state index in [1.54, 1.807) is 11.3 Å². The molecule has 0 aromatic carbocycles. The summed E-state index contributed by atoms with van der Waals surface area (Å²) in [6, 6.07) is -0.386. The molecular weight excluding hydrogens is 286 g/mol. The highest BCUT2D eigenvalue weighted by molar-refractivity contribution is 7.09. The smallest absolute Gasteiger partial charge is 0.246 e. The summed E-state index contributed by atoms with van der Waals surface area (Å²) in [5.41, 5.74) is 0.252. The molecule has 1 saturated heterocycles. The first-order valence-corrected chi connectivity index (χ1v) is 8.48. The Morgan fingerprint density at radius 3 is 2.71 bits per heavy atom. The highest BCUT2D eigenvalue weighted by atomic mass is 32.1. The van der Waals surface area contributed by atoms with Crippen LogP contribution in [0.2, 0.25) is 0 Å². The Morgan fingerprint density at radius 1 is 1.43 bits per heavy atom. The average molecular weight is 307 g/mol. The predicted molar refractivity (Wildman–Crippen MR) is 80.8 cm³/mol. The highest BCUT2D eigenvalue weighted by Gasteiger charge is 2.53. The van der Waals surface area contributed by atoms with Crippen LogP contribution in [0.1, 0.15) is 49.7 Å². The Hall–Kier alpha value is -1.43. The van der Waals surface area contributed by atoms with Crippen molar-refractivity contribution in [3.05, 3.63) is 16.1 Å². The van der Waals surface area contributed by atoms with Crippen molar-refractivity contribution >= 4 is 23.2 Å². The van der Waals surface area contributed by atoms with Gasteiger partial charge in [-0.15, -0.1) is 11.3 Å². The lowest BCUT2D eigenvalue weighted by Gasteiger charge is -2.46. The number of carbonyl (C=O) groups excluding carboxylic acids is 2. The van der Waals surface area contributed by atoms with Gasteiger partial charge in [-0.05, 0) is 26.2 Å². The van der Waals surface area contributed by atoms with Gasteiger partial charge in [-0.25, -0.2) is 4.98 Å². The minimum Gasteiger partial charge on any atom is -0.342 e. The fourth-order valence-corrected chi connectivity index (χ4v) is 4.09. The van der Waals surface area contributed by atoms with Crippen LogP contribution in [-0.2, 0) is 16.1 Å². The van der Waals surface area contributed by atoms with Gasteiger partial charge in [-0.3, -0.25) is 9.59 Å². The molecule has 1 spiro atoms. The number of rotatable bonds is 3. The largest absolute Gasteiger partial charge is 0.342 e. The number of hydrogen-bond donors (Lipinski definition) is 1. The number of nitrogens with zero attached hydrogens (tertiary/aromatic N) is 2. The van der Waals surface area contributed by atoms with Crippen LogP contribution in [0.3, 0.4) is 0 Å². The number of hydrogen-bond acceptors (Lipinski definition) is 4.